The van der Waals surface area contributed by atoms with Crippen LogP contribution in [0.15, 0.2) is 110 Å². The highest BCUT2D eigenvalue weighted by Crippen LogP contribution is 2.34. The molecule has 0 radical (unpaired) electrons. The minimum Gasteiger partial charge on any atom is -0.459 e. The lowest BCUT2D eigenvalue weighted by molar-refractivity contribution is -0.130. The van der Waals surface area contributed by atoms with Crippen LogP contribution in [0.3, 0.4) is 0 Å². The number of hydrazone groups is 1. The molecule has 12 heteroatoms. The highest BCUT2D eigenvalue weighted by atomic mass is 79.9. The van der Waals surface area contributed by atoms with E-state index in [1.807, 2.05) is 60.0 Å². The number of carbonyl (C=O) groups excluding carboxylic acids is 2. The van der Waals surface area contributed by atoms with E-state index in [4.69, 9.17) is 9.52 Å². The first-order valence-corrected chi connectivity index (χ1v) is 15.5. The van der Waals surface area contributed by atoms with Crippen molar-refractivity contribution in [2.24, 2.45) is 5.10 Å². The molecule has 5 aromatic rings. The Labute approximate surface area is 265 Å². The van der Waals surface area contributed by atoms with Crippen molar-refractivity contribution in [2.75, 3.05) is 5.75 Å². The molecule has 6 rings (SSSR count). The van der Waals surface area contributed by atoms with E-state index in [2.05, 4.69) is 31.4 Å². The maximum atomic E-state index is 13.7. The molecule has 222 valence electrons. The van der Waals surface area contributed by atoms with Crippen molar-refractivity contribution in [3.8, 4) is 5.69 Å². The molecule has 0 fully saturated rings. The SMILES string of the molecule is Cc1cccc(-n2c(CNC(=O)c3ccco3)nnc2SCC(=O)N2N=C(c3ccc(Br)cc3)CC2c2ccc(F)cc2)c1. The molecule has 1 N–H and O–H groups in total. The third-order valence-electron chi connectivity index (χ3n) is 7.04. The smallest absolute Gasteiger partial charge is 0.287 e. The van der Waals surface area contributed by atoms with E-state index in [0.29, 0.717) is 17.4 Å². The fourth-order valence-electron chi connectivity index (χ4n) is 4.88. The molecule has 44 heavy (non-hydrogen) atoms. The number of halogens is 2. The summed E-state index contributed by atoms with van der Waals surface area (Å²) in [6.45, 7) is 2.07. The van der Waals surface area contributed by atoms with Gasteiger partial charge in [0.15, 0.2) is 16.7 Å². The van der Waals surface area contributed by atoms with E-state index in [1.54, 1.807) is 24.3 Å². The van der Waals surface area contributed by atoms with E-state index in [-0.39, 0.29) is 41.7 Å². The van der Waals surface area contributed by atoms with Gasteiger partial charge in [-0.15, -0.1) is 10.2 Å². The number of thioether (sulfide) groups is 1. The number of benzene rings is 3. The average Bonchev–Trinajstić information content (AvgIpc) is 3.80. The van der Waals surface area contributed by atoms with Gasteiger partial charge in [-0.05, 0) is 72.1 Å². The monoisotopic (exact) mass is 672 g/mol. The molecule has 0 bridgehead atoms. The predicted octanol–water partition coefficient (Wildman–Crippen LogP) is 6.47. The van der Waals surface area contributed by atoms with Gasteiger partial charge in [-0.2, -0.15) is 5.10 Å². The van der Waals surface area contributed by atoms with E-state index >= 15 is 0 Å². The summed E-state index contributed by atoms with van der Waals surface area (Å²) in [5.74, 6) is -0.248. The summed E-state index contributed by atoms with van der Waals surface area (Å²) in [6.07, 6.45) is 1.92. The van der Waals surface area contributed by atoms with Crippen molar-refractivity contribution in [3.05, 3.63) is 130 Å². The average molecular weight is 674 g/mol. The molecule has 0 saturated heterocycles. The van der Waals surface area contributed by atoms with Gasteiger partial charge in [0, 0.05) is 16.6 Å². The third kappa shape index (κ3) is 6.51. The van der Waals surface area contributed by atoms with Crippen molar-refractivity contribution in [3.63, 3.8) is 0 Å². The number of hydrogen-bond donors (Lipinski definition) is 1. The zero-order valence-corrected chi connectivity index (χ0v) is 25.9. The second-order valence-corrected chi connectivity index (χ2v) is 11.9. The van der Waals surface area contributed by atoms with Gasteiger partial charge < -0.3 is 9.73 Å². The quantitative estimate of drug-likeness (QED) is 0.180. The van der Waals surface area contributed by atoms with Crippen LogP contribution in [0, 0.1) is 12.7 Å². The van der Waals surface area contributed by atoms with Crippen molar-refractivity contribution >= 4 is 45.2 Å². The Balaban J connectivity index is 1.25. The second-order valence-electron chi connectivity index (χ2n) is 10.1. The normalized spacial score (nSPS) is 14.5. The summed E-state index contributed by atoms with van der Waals surface area (Å²) in [5.41, 5.74) is 4.29. The molecule has 0 aliphatic carbocycles. The van der Waals surface area contributed by atoms with Crippen molar-refractivity contribution in [1.29, 1.82) is 0 Å². The number of furan rings is 1. The number of aryl methyl sites for hydroxylation is 1. The number of nitrogens with one attached hydrogen (secondary N) is 1. The molecule has 1 unspecified atom stereocenters. The van der Waals surface area contributed by atoms with Crippen molar-refractivity contribution < 1.29 is 18.4 Å². The molecule has 3 aromatic carbocycles. The zero-order chi connectivity index (χ0) is 30.6. The van der Waals surface area contributed by atoms with Crippen LogP contribution < -0.4 is 5.32 Å². The van der Waals surface area contributed by atoms with Crippen LogP contribution in [0.5, 0.6) is 0 Å². The fraction of sp³-hybridized carbons (Fsp3) is 0.156. The van der Waals surface area contributed by atoms with Crippen molar-refractivity contribution in [1.82, 2.24) is 25.1 Å². The molecule has 2 amide bonds. The number of rotatable bonds is 9. The Bertz CT molecular complexity index is 1820. The summed E-state index contributed by atoms with van der Waals surface area (Å²) >= 11 is 4.69. The van der Waals surface area contributed by atoms with Gasteiger partial charge in [-0.25, -0.2) is 9.40 Å². The minimum absolute atomic E-state index is 0.0253. The Morgan fingerprint density at radius 3 is 2.57 bits per heavy atom. The first-order valence-electron chi connectivity index (χ1n) is 13.7. The number of nitrogens with zero attached hydrogens (tertiary/aromatic N) is 5. The highest BCUT2D eigenvalue weighted by Gasteiger charge is 2.33. The van der Waals surface area contributed by atoms with Crippen LogP contribution >= 0.6 is 27.7 Å². The van der Waals surface area contributed by atoms with Crippen LogP contribution in [0.25, 0.3) is 5.69 Å². The van der Waals surface area contributed by atoms with E-state index < -0.39 is 0 Å². The minimum atomic E-state index is -0.385. The lowest BCUT2D eigenvalue weighted by Crippen LogP contribution is -2.28. The fourth-order valence-corrected chi connectivity index (χ4v) is 5.97. The van der Waals surface area contributed by atoms with Crippen LogP contribution in [-0.4, -0.2) is 43.1 Å². The lowest BCUT2D eigenvalue weighted by atomic mass is 9.98. The molecule has 1 atom stereocenters. The summed E-state index contributed by atoms with van der Waals surface area (Å²) in [4.78, 5) is 26.3. The summed E-state index contributed by atoms with van der Waals surface area (Å²) in [6, 6.07) is 24.5. The number of hydrogen-bond acceptors (Lipinski definition) is 7. The third-order valence-corrected chi connectivity index (χ3v) is 8.48. The largest absolute Gasteiger partial charge is 0.459 e. The van der Waals surface area contributed by atoms with Crippen LogP contribution in [-0.2, 0) is 11.3 Å². The number of amides is 2. The molecular weight excluding hydrogens is 647 g/mol. The standard InChI is InChI=1S/C32H26BrFN6O3S/c1-20-4-2-5-25(16-20)39-29(18-35-31(42)28-6-3-15-43-28)36-37-32(39)44-19-30(41)40-27(22-9-13-24(34)14-10-22)17-26(38-40)21-7-11-23(33)12-8-21/h2-16,27H,17-19H2,1H3,(H,35,42). The van der Waals surface area contributed by atoms with Gasteiger partial charge in [0.05, 0.1) is 30.3 Å². The molecule has 0 saturated carbocycles. The van der Waals surface area contributed by atoms with Gasteiger partial charge >= 0.3 is 0 Å². The molecule has 1 aliphatic heterocycles. The number of aromatic nitrogens is 3. The Morgan fingerprint density at radius 2 is 1.84 bits per heavy atom. The Kier molecular flexibility index (Phi) is 8.71. The Morgan fingerprint density at radius 1 is 1.05 bits per heavy atom. The second kappa shape index (κ2) is 13.0. The maximum absolute atomic E-state index is 13.7. The number of carbonyl (C=O) groups is 2. The van der Waals surface area contributed by atoms with Gasteiger partial charge in [0.2, 0.25) is 0 Å². The molecular formula is C32H26BrFN6O3S. The maximum Gasteiger partial charge on any atom is 0.287 e. The Hall–Kier alpha value is -4.55. The first kappa shape index (κ1) is 29.5. The van der Waals surface area contributed by atoms with Crippen molar-refractivity contribution in [2.45, 2.75) is 31.1 Å². The zero-order valence-electron chi connectivity index (χ0n) is 23.5. The van der Waals surface area contributed by atoms with Gasteiger partial charge in [0.25, 0.3) is 11.8 Å². The first-order chi connectivity index (χ1) is 21.4. The van der Waals surface area contributed by atoms with Crippen LogP contribution in [0.1, 0.15) is 45.5 Å². The summed E-state index contributed by atoms with van der Waals surface area (Å²) in [5, 5.41) is 18.2. The lowest BCUT2D eigenvalue weighted by Gasteiger charge is -2.22. The molecule has 2 aromatic heterocycles. The van der Waals surface area contributed by atoms with Crippen LogP contribution in [0.2, 0.25) is 0 Å². The summed E-state index contributed by atoms with van der Waals surface area (Å²) < 4.78 is 21.7. The van der Waals surface area contributed by atoms with Crippen LogP contribution in [0.4, 0.5) is 4.39 Å². The topological polar surface area (TPSA) is 106 Å². The van der Waals surface area contributed by atoms with E-state index in [0.717, 1.165) is 32.6 Å². The molecule has 1 aliphatic rings. The summed E-state index contributed by atoms with van der Waals surface area (Å²) in [7, 11) is 0. The van der Waals surface area contributed by atoms with Gasteiger partial charge in [-0.3, -0.25) is 14.2 Å². The van der Waals surface area contributed by atoms with E-state index in [9.17, 15) is 14.0 Å². The predicted molar refractivity (Wildman–Crippen MR) is 168 cm³/mol. The van der Waals surface area contributed by atoms with Gasteiger partial charge in [-0.1, -0.05) is 64.1 Å². The molecule has 3 heterocycles. The highest BCUT2D eigenvalue weighted by molar-refractivity contribution is 9.10. The molecule has 9 nitrogen and oxygen atoms in total. The van der Waals surface area contributed by atoms with E-state index in [1.165, 1.54) is 35.2 Å². The van der Waals surface area contributed by atoms with Gasteiger partial charge in [0.1, 0.15) is 5.82 Å². The molecule has 0 spiro atoms.